The van der Waals surface area contributed by atoms with Gasteiger partial charge in [-0.25, -0.2) is 0 Å². The van der Waals surface area contributed by atoms with Crippen molar-refractivity contribution in [2.75, 3.05) is 0 Å². The van der Waals surface area contributed by atoms with E-state index in [1.54, 1.807) is 24.3 Å². The Morgan fingerprint density at radius 3 is 2.68 bits per heavy atom. The zero-order valence-corrected chi connectivity index (χ0v) is 14.4. The first-order chi connectivity index (χ1) is 10.5. The molecule has 1 aromatic carbocycles. The van der Waals surface area contributed by atoms with E-state index in [9.17, 15) is 8.63 Å². The van der Waals surface area contributed by atoms with Gasteiger partial charge < -0.3 is 17.6 Å². The Hall–Kier alpha value is -1.47. The van der Waals surface area contributed by atoms with Gasteiger partial charge in [-0.3, -0.25) is 0 Å². The smallest absolute Gasteiger partial charge is 0.396 e. The second-order valence-corrected chi connectivity index (χ2v) is 6.90. The largest absolute Gasteiger partial charge is 0.737 e. The molecule has 1 aromatic heterocycles. The molecular weight excluding hydrogens is 417 g/mol. The molecule has 0 bridgehead atoms. The van der Waals surface area contributed by atoms with Crippen molar-refractivity contribution in [3.05, 3.63) is 74.6 Å². The van der Waals surface area contributed by atoms with Gasteiger partial charge in [0.15, 0.2) is 5.70 Å². The molecule has 2 nitrogen and oxygen atoms in total. The zero-order valence-electron chi connectivity index (χ0n) is 11.2. The summed E-state index contributed by atoms with van der Waals surface area (Å²) < 4.78 is 33.2. The molecule has 0 amide bonds. The number of benzene rings is 1. The zero-order chi connectivity index (χ0) is 15.5. The van der Waals surface area contributed by atoms with E-state index >= 15 is 0 Å². The first-order valence-corrected chi connectivity index (χ1v) is 8.28. The van der Waals surface area contributed by atoms with Crippen LogP contribution in [-0.2, 0) is 0 Å². The molecule has 2 aromatic rings. The van der Waals surface area contributed by atoms with Crippen molar-refractivity contribution < 1.29 is 13.1 Å². The minimum Gasteiger partial charge on any atom is -0.396 e. The van der Waals surface area contributed by atoms with E-state index in [-0.39, 0.29) is 0 Å². The van der Waals surface area contributed by atoms with Crippen LogP contribution in [-0.4, -0.2) is 22.1 Å². The maximum atomic E-state index is 14.6. The first kappa shape index (κ1) is 14.1. The van der Waals surface area contributed by atoms with Crippen LogP contribution in [0.15, 0.2) is 63.3 Å². The van der Waals surface area contributed by atoms with Crippen molar-refractivity contribution in [3.8, 4) is 0 Å². The van der Waals surface area contributed by atoms with Crippen LogP contribution in [0, 0.1) is 0 Å². The second kappa shape index (κ2) is 4.76. The molecule has 0 saturated carbocycles. The van der Waals surface area contributed by atoms with Crippen LogP contribution in [0.4, 0.5) is 8.63 Å². The summed E-state index contributed by atoms with van der Waals surface area (Å²) in [6.07, 6.45) is 6.27. The van der Waals surface area contributed by atoms with E-state index in [2.05, 4.69) is 31.9 Å². The third-order valence-corrected chi connectivity index (χ3v) is 5.83. The molecule has 7 heteroatoms. The molecule has 2 aliphatic rings. The molecule has 0 fully saturated rings. The van der Waals surface area contributed by atoms with Crippen molar-refractivity contribution in [2.24, 2.45) is 0 Å². The molecule has 0 radical (unpaired) electrons. The van der Waals surface area contributed by atoms with Gasteiger partial charge in [0.25, 0.3) is 0 Å². The second-order valence-electron chi connectivity index (χ2n) is 5.19. The van der Waals surface area contributed by atoms with Crippen molar-refractivity contribution in [1.82, 2.24) is 4.48 Å². The van der Waals surface area contributed by atoms with E-state index in [0.29, 0.717) is 11.4 Å². The number of halogens is 4. The number of aromatic nitrogens is 1. The summed E-state index contributed by atoms with van der Waals surface area (Å²) >= 11 is 6.91. The van der Waals surface area contributed by atoms with Crippen LogP contribution in [0.1, 0.15) is 11.3 Å². The Kier molecular flexibility index (Phi) is 3.06. The Labute approximate surface area is 142 Å². The third-order valence-electron chi connectivity index (χ3n) is 3.95. The molecule has 110 valence electrons. The summed E-state index contributed by atoms with van der Waals surface area (Å²) in [7, 11) is 0. The van der Waals surface area contributed by atoms with Crippen molar-refractivity contribution in [3.63, 3.8) is 0 Å². The summed E-state index contributed by atoms with van der Waals surface area (Å²) in [5.41, 5.74) is 2.76. The fourth-order valence-electron chi connectivity index (χ4n) is 2.97. The Bertz CT molecular complexity index is 897. The molecule has 0 spiro atoms. The van der Waals surface area contributed by atoms with Gasteiger partial charge in [0, 0.05) is 26.8 Å². The van der Waals surface area contributed by atoms with Gasteiger partial charge >= 0.3 is 6.97 Å². The molecule has 4 rings (SSSR count). The van der Waals surface area contributed by atoms with Gasteiger partial charge in [0.2, 0.25) is 0 Å². The average molecular weight is 426 g/mol. The lowest BCUT2D eigenvalue weighted by Crippen LogP contribution is -2.49. The predicted molar refractivity (Wildman–Crippen MR) is 91.1 cm³/mol. The summed E-state index contributed by atoms with van der Waals surface area (Å²) in [5, 5.41) is 0. The minimum atomic E-state index is -3.84. The van der Waals surface area contributed by atoms with E-state index in [0.717, 1.165) is 29.0 Å². The summed E-state index contributed by atoms with van der Waals surface area (Å²) in [6.45, 7) is -3.84. The Morgan fingerprint density at radius 2 is 1.91 bits per heavy atom. The number of nitrogens with zero attached hydrogens (tertiary/aromatic N) is 2. The maximum Gasteiger partial charge on any atom is 0.737 e. The molecule has 22 heavy (non-hydrogen) atoms. The first-order valence-electron chi connectivity index (χ1n) is 6.69. The molecule has 0 saturated heterocycles. The van der Waals surface area contributed by atoms with E-state index in [4.69, 9.17) is 0 Å². The fraction of sp³-hybridized carbons (Fsp3) is 0. The normalized spacial score (nSPS) is 18.3. The van der Waals surface area contributed by atoms with Crippen LogP contribution in [0.5, 0.6) is 0 Å². The third kappa shape index (κ3) is 1.85. The summed E-state index contributed by atoms with van der Waals surface area (Å²) in [4.78, 5) is 0. The lowest BCUT2D eigenvalue weighted by molar-refractivity contribution is -0.356. The number of allylic oxidation sites excluding steroid dienone is 2. The lowest BCUT2D eigenvalue weighted by atomic mass is 9.86. The molecule has 0 aliphatic carbocycles. The number of fused-ring (bicyclic) bond motifs is 2. The highest BCUT2D eigenvalue weighted by atomic mass is 79.9. The summed E-state index contributed by atoms with van der Waals surface area (Å²) in [6, 6.07) is 9.16. The molecule has 2 aliphatic heterocycles. The fourth-order valence-corrected chi connectivity index (χ4v) is 3.59. The van der Waals surface area contributed by atoms with Gasteiger partial charge in [0.05, 0.1) is 5.57 Å². The number of rotatable bonds is 1. The van der Waals surface area contributed by atoms with Gasteiger partial charge in [0.1, 0.15) is 6.21 Å². The van der Waals surface area contributed by atoms with Gasteiger partial charge in [-0.05, 0) is 67.9 Å². The standard InChI is InChI=1S/C15H9BBr2F2N2/c17-11-6-5-10(9-12(11)18)15-13-3-1-7-21(13)16(19,20)22-8-2-4-14(15)22/h1-9H. The highest BCUT2D eigenvalue weighted by molar-refractivity contribution is 9.13. The lowest BCUT2D eigenvalue weighted by Gasteiger charge is -2.30. The van der Waals surface area contributed by atoms with Crippen LogP contribution >= 0.6 is 31.9 Å². The molecule has 0 unspecified atom stereocenters. The van der Waals surface area contributed by atoms with Gasteiger partial charge in [-0.15, -0.1) is 0 Å². The van der Waals surface area contributed by atoms with Gasteiger partial charge in [-0.1, -0.05) is 6.07 Å². The van der Waals surface area contributed by atoms with Crippen LogP contribution in [0.3, 0.4) is 0 Å². The SMILES string of the molecule is F[B-]1(F)n2cccc2C(c2ccc(Br)c(Br)c2)=C2C=CC=[N+]21. The van der Waals surface area contributed by atoms with Crippen LogP contribution in [0.2, 0.25) is 0 Å². The number of hydrogen-bond acceptors (Lipinski definition) is 0. The molecule has 0 atom stereocenters. The van der Waals surface area contributed by atoms with Gasteiger partial charge in [-0.2, -0.15) is 0 Å². The Morgan fingerprint density at radius 1 is 1.09 bits per heavy atom. The highest BCUT2D eigenvalue weighted by Crippen LogP contribution is 2.39. The summed E-state index contributed by atoms with van der Waals surface area (Å²) in [5.74, 6) is 0. The van der Waals surface area contributed by atoms with Crippen LogP contribution < -0.4 is 0 Å². The predicted octanol–water partition coefficient (Wildman–Crippen LogP) is 4.66. The average Bonchev–Trinajstić information content (AvgIpc) is 3.12. The van der Waals surface area contributed by atoms with Crippen LogP contribution in [0.25, 0.3) is 5.57 Å². The minimum absolute atomic E-state index is 0.533. The van der Waals surface area contributed by atoms with Crippen molar-refractivity contribution in [1.29, 1.82) is 0 Å². The molecule has 3 heterocycles. The monoisotopic (exact) mass is 424 g/mol. The van der Waals surface area contributed by atoms with Crippen molar-refractivity contribution >= 4 is 50.6 Å². The van der Waals surface area contributed by atoms with E-state index in [1.807, 2.05) is 18.2 Å². The quantitative estimate of drug-likeness (QED) is 0.587. The molecule has 0 N–H and O–H groups in total. The number of hydrogen-bond donors (Lipinski definition) is 0. The van der Waals surface area contributed by atoms with E-state index < -0.39 is 6.97 Å². The Balaban J connectivity index is 2.04. The molecular formula is C15H9BBr2F2N2. The maximum absolute atomic E-state index is 14.6. The highest BCUT2D eigenvalue weighted by Gasteiger charge is 2.51. The topological polar surface area (TPSA) is 7.94 Å². The van der Waals surface area contributed by atoms with E-state index in [1.165, 1.54) is 12.4 Å². The van der Waals surface area contributed by atoms with Crippen molar-refractivity contribution in [2.45, 2.75) is 0 Å².